The zero-order valence-corrected chi connectivity index (χ0v) is 15.5. The number of benzene rings is 1. The van der Waals surface area contributed by atoms with Crippen LogP contribution in [0.1, 0.15) is 12.5 Å². The smallest absolute Gasteiger partial charge is 0.321 e. The van der Waals surface area contributed by atoms with Gasteiger partial charge in [0.15, 0.2) is 0 Å². The number of urea groups is 2. The minimum Gasteiger partial charge on any atom is -0.324 e. The van der Waals surface area contributed by atoms with Crippen LogP contribution in [0.2, 0.25) is 0 Å². The first-order valence-electron chi connectivity index (χ1n) is 8.57. The van der Waals surface area contributed by atoms with E-state index in [-0.39, 0.29) is 36.2 Å². The molecule has 3 rings (SSSR count). The van der Waals surface area contributed by atoms with Crippen molar-refractivity contribution in [3.63, 3.8) is 0 Å². The van der Waals surface area contributed by atoms with Gasteiger partial charge in [-0.2, -0.15) is 0 Å². The second-order valence-electron chi connectivity index (χ2n) is 7.00. The van der Waals surface area contributed by atoms with Gasteiger partial charge in [0.25, 0.3) is 0 Å². The molecule has 0 aromatic heterocycles. The van der Waals surface area contributed by atoms with Crippen molar-refractivity contribution >= 4 is 18.1 Å². The van der Waals surface area contributed by atoms with Crippen molar-refractivity contribution in [2.75, 3.05) is 28.2 Å². The number of hydrogen-bond acceptors (Lipinski definition) is 2. The summed E-state index contributed by atoms with van der Waals surface area (Å²) >= 11 is 0. The second-order valence-corrected chi connectivity index (χ2v) is 7.00. The standard InChI is InChI=1S/C19H26N4O2/c1-13-16-15(12-11-14-9-7-6-8-10-14)21(3)19(25)23(5)17(16)22(4)18(24)20(13)2/h6-13,15-17H,1-5H3. The molecule has 1 aromatic rings. The first-order valence-corrected chi connectivity index (χ1v) is 8.57. The van der Waals surface area contributed by atoms with Crippen LogP contribution >= 0.6 is 0 Å². The van der Waals surface area contributed by atoms with E-state index in [0.29, 0.717) is 0 Å². The van der Waals surface area contributed by atoms with Crippen molar-refractivity contribution in [2.24, 2.45) is 5.92 Å². The van der Waals surface area contributed by atoms with Crippen LogP contribution in [0, 0.1) is 5.92 Å². The molecule has 0 spiro atoms. The van der Waals surface area contributed by atoms with Gasteiger partial charge in [0.1, 0.15) is 6.17 Å². The van der Waals surface area contributed by atoms with Gasteiger partial charge in [-0.05, 0) is 12.5 Å². The van der Waals surface area contributed by atoms with Gasteiger partial charge in [0, 0.05) is 40.2 Å². The highest BCUT2D eigenvalue weighted by molar-refractivity contribution is 5.80. The highest BCUT2D eigenvalue weighted by Crippen LogP contribution is 2.36. The van der Waals surface area contributed by atoms with Gasteiger partial charge >= 0.3 is 12.1 Å². The number of carbonyl (C=O) groups excluding carboxylic acids is 2. The summed E-state index contributed by atoms with van der Waals surface area (Å²) in [5, 5.41) is 0. The third-order valence-corrected chi connectivity index (χ3v) is 5.64. The molecule has 6 heteroatoms. The Morgan fingerprint density at radius 2 is 1.40 bits per heavy atom. The Bertz CT molecular complexity index is 686. The van der Waals surface area contributed by atoms with Crippen LogP contribution < -0.4 is 0 Å². The summed E-state index contributed by atoms with van der Waals surface area (Å²) < 4.78 is 0. The molecule has 2 heterocycles. The van der Waals surface area contributed by atoms with Crippen molar-refractivity contribution in [3.8, 4) is 0 Å². The highest BCUT2D eigenvalue weighted by atomic mass is 16.2. The lowest BCUT2D eigenvalue weighted by Crippen LogP contribution is -2.73. The predicted molar refractivity (Wildman–Crippen MR) is 97.8 cm³/mol. The molecule has 1 aromatic carbocycles. The van der Waals surface area contributed by atoms with Gasteiger partial charge < -0.3 is 19.6 Å². The molecule has 2 aliphatic heterocycles. The Morgan fingerprint density at radius 1 is 0.840 bits per heavy atom. The number of likely N-dealkylation sites (N-methyl/N-ethyl adjacent to an activating group) is 1. The fourth-order valence-electron chi connectivity index (χ4n) is 4.06. The molecule has 4 amide bonds. The Kier molecular flexibility index (Phi) is 4.45. The maximum absolute atomic E-state index is 12.7. The van der Waals surface area contributed by atoms with Crippen molar-refractivity contribution in [1.29, 1.82) is 0 Å². The van der Waals surface area contributed by atoms with E-state index in [1.807, 2.05) is 44.4 Å². The monoisotopic (exact) mass is 342 g/mol. The molecule has 0 saturated carbocycles. The quantitative estimate of drug-likeness (QED) is 0.828. The van der Waals surface area contributed by atoms with Crippen LogP contribution in [0.3, 0.4) is 0 Å². The lowest BCUT2D eigenvalue weighted by Gasteiger charge is -2.57. The summed E-state index contributed by atoms with van der Waals surface area (Å²) in [6.45, 7) is 2.06. The predicted octanol–water partition coefficient (Wildman–Crippen LogP) is 2.39. The third-order valence-electron chi connectivity index (χ3n) is 5.64. The first kappa shape index (κ1) is 17.3. The molecule has 0 bridgehead atoms. The van der Waals surface area contributed by atoms with Gasteiger partial charge in [0.05, 0.1) is 6.04 Å². The topological polar surface area (TPSA) is 47.1 Å². The second kappa shape index (κ2) is 6.43. The third kappa shape index (κ3) is 2.75. The van der Waals surface area contributed by atoms with E-state index in [0.717, 1.165) is 5.56 Å². The zero-order chi connectivity index (χ0) is 18.3. The number of amides is 4. The largest absolute Gasteiger partial charge is 0.324 e. The van der Waals surface area contributed by atoms with Crippen molar-refractivity contribution < 1.29 is 9.59 Å². The zero-order valence-electron chi connectivity index (χ0n) is 15.5. The fourth-order valence-corrected chi connectivity index (χ4v) is 4.06. The van der Waals surface area contributed by atoms with E-state index in [4.69, 9.17) is 0 Å². The van der Waals surface area contributed by atoms with Gasteiger partial charge in [-0.15, -0.1) is 0 Å². The first-order chi connectivity index (χ1) is 11.8. The number of rotatable bonds is 2. The van der Waals surface area contributed by atoms with E-state index in [2.05, 4.69) is 19.1 Å². The molecular weight excluding hydrogens is 316 g/mol. The highest BCUT2D eigenvalue weighted by Gasteiger charge is 2.52. The number of nitrogens with zero attached hydrogens (tertiary/aromatic N) is 4. The normalized spacial score (nSPS) is 30.3. The van der Waals surface area contributed by atoms with E-state index in [1.165, 1.54) is 0 Å². The van der Waals surface area contributed by atoms with Crippen LogP contribution in [-0.2, 0) is 0 Å². The minimum absolute atomic E-state index is 0.0251. The van der Waals surface area contributed by atoms with Crippen LogP contribution in [0.25, 0.3) is 6.08 Å². The molecule has 2 aliphatic rings. The van der Waals surface area contributed by atoms with Crippen molar-refractivity contribution in [2.45, 2.75) is 25.2 Å². The lowest BCUT2D eigenvalue weighted by molar-refractivity contribution is -0.0534. The molecule has 2 saturated heterocycles. The van der Waals surface area contributed by atoms with Gasteiger partial charge in [0.2, 0.25) is 0 Å². The van der Waals surface area contributed by atoms with Crippen LogP contribution in [0.5, 0.6) is 0 Å². The van der Waals surface area contributed by atoms with E-state index < -0.39 is 0 Å². The molecule has 6 nitrogen and oxygen atoms in total. The summed E-state index contributed by atoms with van der Waals surface area (Å²) in [5.74, 6) is 0.0976. The Labute approximate surface area is 149 Å². The average Bonchev–Trinajstić information content (AvgIpc) is 2.62. The maximum atomic E-state index is 12.7. The lowest BCUT2D eigenvalue weighted by atomic mass is 9.82. The van der Waals surface area contributed by atoms with Crippen molar-refractivity contribution in [1.82, 2.24) is 19.6 Å². The molecule has 25 heavy (non-hydrogen) atoms. The maximum Gasteiger partial charge on any atom is 0.321 e. The summed E-state index contributed by atoms with van der Waals surface area (Å²) in [4.78, 5) is 32.1. The number of fused-ring (bicyclic) bond motifs is 1. The van der Waals surface area contributed by atoms with Gasteiger partial charge in [-0.3, -0.25) is 0 Å². The summed E-state index contributed by atoms with van der Waals surface area (Å²) in [5.41, 5.74) is 1.10. The molecular formula is C19H26N4O2. The van der Waals surface area contributed by atoms with E-state index >= 15 is 0 Å². The van der Waals surface area contributed by atoms with Crippen LogP contribution in [0.4, 0.5) is 9.59 Å². The Balaban J connectivity index is 1.99. The Morgan fingerprint density at radius 3 is 2.00 bits per heavy atom. The van der Waals surface area contributed by atoms with Crippen molar-refractivity contribution in [3.05, 3.63) is 42.0 Å². The molecule has 4 atom stereocenters. The van der Waals surface area contributed by atoms with Crippen LogP contribution in [0.15, 0.2) is 36.4 Å². The van der Waals surface area contributed by atoms with Gasteiger partial charge in [-0.1, -0.05) is 42.5 Å². The number of hydrogen-bond donors (Lipinski definition) is 0. The van der Waals surface area contributed by atoms with E-state index in [9.17, 15) is 9.59 Å². The van der Waals surface area contributed by atoms with E-state index in [1.54, 1.807) is 33.7 Å². The molecule has 2 fully saturated rings. The van der Waals surface area contributed by atoms with Crippen LogP contribution in [-0.4, -0.2) is 78.1 Å². The SMILES string of the molecule is CC1C2C(C=Cc3ccccc3)N(C)C(=O)N(C)C2N(C)C(=O)N1C. The molecule has 4 unspecified atom stereocenters. The Hall–Kier alpha value is -2.50. The fraction of sp³-hybridized carbons (Fsp3) is 0.474. The summed E-state index contributed by atoms with van der Waals surface area (Å²) in [6, 6.07) is 9.87. The van der Waals surface area contributed by atoms with Gasteiger partial charge in [-0.25, -0.2) is 9.59 Å². The average molecular weight is 342 g/mol. The molecule has 0 radical (unpaired) electrons. The molecule has 0 aliphatic carbocycles. The number of carbonyl (C=O) groups is 2. The molecule has 0 N–H and O–H groups in total. The molecule has 134 valence electrons. The summed E-state index contributed by atoms with van der Waals surface area (Å²) in [7, 11) is 7.21. The minimum atomic E-state index is -0.243. The summed E-state index contributed by atoms with van der Waals surface area (Å²) in [6.07, 6.45) is 3.90.